The summed E-state index contributed by atoms with van der Waals surface area (Å²) in [6.45, 7) is 2.44. The van der Waals surface area contributed by atoms with Crippen molar-refractivity contribution in [1.29, 1.82) is 0 Å². The number of benzene rings is 2. The molecule has 0 aliphatic carbocycles. The summed E-state index contributed by atoms with van der Waals surface area (Å²) in [5.41, 5.74) is 9.00. The molecule has 0 spiro atoms. The second-order valence-corrected chi connectivity index (χ2v) is 6.68. The van der Waals surface area contributed by atoms with Gasteiger partial charge in [-0.3, -0.25) is 0 Å². The third kappa shape index (κ3) is 3.50. The third-order valence-corrected chi connectivity index (χ3v) is 4.37. The van der Waals surface area contributed by atoms with Gasteiger partial charge < -0.3 is 10.8 Å². The Labute approximate surface area is 136 Å². The smallest absolute Gasteiger partial charge is 0.0871 e. The molecule has 0 saturated heterocycles. The average molecular weight is 399 g/mol. The molecule has 2 aromatic rings. The van der Waals surface area contributed by atoms with Crippen LogP contribution in [0, 0.1) is 6.92 Å². The molecule has 0 aliphatic heterocycles. The van der Waals surface area contributed by atoms with Gasteiger partial charge in [0.05, 0.1) is 6.10 Å². The van der Waals surface area contributed by atoms with Crippen LogP contribution >= 0.6 is 31.9 Å². The van der Waals surface area contributed by atoms with Gasteiger partial charge in [-0.05, 0) is 41.8 Å². The van der Waals surface area contributed by atoms with E-state index < -0.39 is 6.10 Å². The molecular weight excluding hydrogens is 382 g/mol. The Morgan fingerprint density at radius 2 is 1.70 bits per heavy atom. The Hall–Kier alpha value is -0.680. The van der Waals surface area contributed by atoms with E-state index in [2.05, 4.69) is 31.9 Å². The van der Waals surface area contributed by atoms with E-state index in [0.29, 0.717) is 6.54 Å². The highest BCUT2D eigenvalue weighted by Gasteiger charge is 2.23. The van der Waals surface area contributed by atoms with E-state index in [9.17, 15) is 5.11 Å². The number of halogens is 2. The Bertz CT molecular complexity index is 581. The fraction of sp³-hybridized carbons (Fsp3) is 0.250. The molecule has 0 amide bonds. The van der Waals surface area contributed by atoms with Crippen LogP contribution in [0.25, 0.3) is 0 Å². The summed E-state index contributed by atoms with van der Waals surface area (Å²) in [5, 5.41) is 10.7. The molecule has 4 heteroatoms. The van der Waals surface area contributed by atoms with Gasteiger partial charge in [-0.2, -0.15) is 0 Å². The van der Waals surface area contributed by atoms with Crippen LogP contribution in [-0.2, 0) is 0 Å². The van der Waals surface area contributed by atoms with Gasteiger partial charge in [0.25, 0.3) is 0 Å². The first-order chi connectivity index (χ1) is 9.52. The van der Waals surface area contributed by atoms with Crippen LogP contribution in [0.15, 0.2) is 51.4 Å². The van der Waals surface area contributed by atoms with Gasteiger partial charge in [0.15, 0.2) is 0 Å². The van der Waals surface area contributed by atoms with E-state index in [1.54, 1.807) is 0 Å². The Morgan fingerprint density at radius 1 is 1.10 bits per heavy atom. The molecule has 2 atom stereocenters. The van der Waals surface area contributed by atoms with Crippen molar-refractivity contribution in [3.63, 3.8) is 0 Å². The predicted octanol–water partition coefficient (Wildman–Crippen LogP) is 4.30. The van der Waals surface area contributed by atoms with E-state index in [1.165, 1.54) is 0 Å². The molecule has 2 unspecified atom stereocenters. The predicted molar refractivity (Wildman–Crippen MR) is 89.8 cm³/mol. The zero-order chi connectivity index (χ0) is 14.7. The Morgan fingerprint density at radius 3 is 2.25 bits per heavy atom. The molecule has 0 heterocycles. The number of hydrogen-bond acceptors (Lipinski definition) is 2. The molecule has 0 bridgehead atoms. The van der Waals surface area contributed by atoms with E-state index in [4.69, 9.17) is 5.73 Å². The molecular formula is C16H17Br2NO. The normalized spacial score (nSPS) is 14.1. The van der Waals surface area contributed by atoms with Crippen LogP contribution in [0.5, 0.6) is 0 Å². The van der Waals surface area contributed by atoms with Crippen molar-refractivity contribution >= 4 is 31.9 Å². The molecule has 20 heavy (non-hydrogen) atoms. The summed E-state index contributed by atoms with van der Waals surface area (Å²) in [5.74, 6) is -0.114. The first-order valence-electron chi connectivity index (χ1n) is 6.42. The molecule has 0 aliphatic rings. The van der Waals surface area contributed by atoms with Gasteiger partial charge in [-0.25, -0.2) is 0 Å². The minimum absolute atomic E-state index is 0.114. The topological polar surface area (TPSA) is 46.2 Å². The van der Waals surface area contributed by atoms with Crippen LogP contribution in [0.4, 0.5) is 0 Å². The Balaban J connectivity index is 2.39. The number of rotatable bonds is 4. The lowest BCUT2D eigenvalue weighted by atomic mass is 9.87. The molecule has 0 aromatic heterocycles. The van der Waals surface area contributed by atoms with Crippen molar-refractivity contribution in [3.8, 4) is 0 Å². The van der Waals surface area contributed by atoms with Crippen molar-refractivity contribution in [3.05, 3.63) is 68.1 Å². The van der Waals surface area contributed by atoms with Crippen molar-refractivity contribution in [1.82, 2.24) is 0 Å². The lowest BCUT2D eigenvalue weighted by molar-refractivity contribution is 0.147. The van der Waals surface area contributed by atoms with Gasteiger partial charge >= 0.3 is 0 Å². The highest BCUT2D eigenvalue weighted by molar-refractivity contribution is 9.11. The van der Waals surface area contributed by atoms with Crippen LogP contribution in [0.3, 0.4) is 0 Å². The van der Waals surface area contributed by atoms with E-state index in [1.807, 2.05) is 49.4 Å². The third-order valence-electron chi connectivity index (χ3n) is 3.45. The molecule has 2 nitrogen and oxygen atoms in total. The van der Waals surface area contributed by atoms with Crippen LogP contribution < -0.4 is 5.73 Å². The maximum Gasteiger partial charge on any atom is 0.0871 e. The largest absolute Gasteiger partial charge is 0.388 e. The van der Waals surface area contributed by atoms with Gasteiger partial charge in [0.2, 0.25) is 0 Å². The summed E-state index contributed by atoms with van der Waals surface area (Å²) in [7, 11) is 0. The van der Waals surface area contributed by atoms with E-state index in [-0.39, 0.29) is 5.92 Å². The quantitative estimate of drug-likeness (QED) is 0.806. The first-order valence-corrected chi connectivity index (χ1v) is 8.01. The minimum Gasteiger partial charge on any atom is -0.388 e. The average Bonchev–Trinajstić information content (AvgIpc) is 2.40. The van der Waals surface area contributed by atoms with Gasteiger partial charge in [0, 0.05) is 21.4 Å². The lowest BCUT2D eigenvalue weighted by Crippen LogP contribution is -2.21. The highest BCUT2D eigenvalue weighted by Crippen LogP contribution is 2.34. The standard InChI is InChI=1S/C16H17Br2NO/c1-10-4-2-3-5-14(10)15(9-19)16(20)11-6-12(17)8-13(18)7-11/h2-8,15-16,20H,9,19H2,1H3. The summed E-state index contributed by atoms with van der Waals surface area (Å²) in [6, 6.07) is 13.8. The molecule has 106 valence electrons. The zero-order valence-electron chi connectivity index (χ0n) is 11.2. The van der Waals surface area contributed by atoms with Gasteiger partial charge in [0.1, 0.15) is 0 Å². The first kappa shape index (κ1) is 15.7. The number of aliphatic hydroxyl groups excluding tert-OH is 1. The molecule has 2 rings (SSSR count). The van der Waals surface area contributed by atoms with E-state index in [0.717, 1.165) is 25.6 Å². The second-order valence-electron chi connectivity index (χ2n) is 4.85. The Kier molecular flexibility index (Phi) is 5.38. The molecule has 2 aromatic carbocycles. The van der Waals surface area contributed by atoms with Gasteiger partial charge in [-0.15, -0.1) is 0 Å². The van der Waals surface area contributed by atoms with Crippen LogP contribution in [0.2, 0.25) is 0 Å². The second kappa shape index (κ2) is 6.85. The number of aliphatic hydroxyl groups is 1. The van der Waals surface area contributed by atoms with Crippen molar-refractivity contribution in [2.24, 2.45) is 5.73 Å². The highest BCUT2D eigenvalue weighted by atomic mass is 79.9. The van der Waals surface area contributed by atoms with Gasteiger partial charge in [-0.1, -0.05) is 56.1 Å². The molecule has 0 fully saturated rings. The fourth-order valence-electron chi connectivity index (χ4n) is 2.41. The number of nitrogens with two attached hydrogens (primary N) is 1. The number of aryl methyl sites for hydroxylation is 1. The molecule has 3 N–H and O–H groups in total. The number of hydrogen-bond donors (Lipinski definition) is 2. The van der Waals surface area contributed by atoms with E-state index >= 15 is 0 Å². The maximum atomic E-state index is 10.7. The van der Waals surface area contributed by atoms with Crippen molar-refractivity contribution in [2.75, 3.05) is 6.54 Å². The summed E-state index contributed by atoms with van der Waals surface area (Å²) in [6.07, 6.45) is -0.630. The minimum atomic E-state index is -0.630. The maximum absolute atomic E-state index is 10.7. The van der Waals surface area contributed by atoms with Crippen LogP contribution in [-0.4, -0.2) is 11.7 Å². The monoisotopic (exact) mass is 397 g/mol. The SMILES string of the molecule is Cc1ccccc1C(CN)C(O)c1cc(Br)cc(Br)c1. The molecule has 0 saturated carbocycles. The summed E-state index contributed by atoms with van der Waals surface area (Å²) < 4.78 is 1.86. The summed E-state index contributed by atoms with van der Waals surface area (Å²) in [4.78, 5) is 0. The molecule has 0 radical (unpaired) electrons. The lowest BCUT2D eigenvalue weighted by Gasteiger charge is -2.24. The van der Waals surface area contributed by atoms with Crippen molar-refractivity contribution in [2.45, 2.75) is 18.9 Å². The summed E-state index contributed by atoms with van der Waals surface area (Å²) >= 11 is 6.90. The zero-order valence-corrected chi connectivity index (χ0v) is 14.4. The fourth-order valence-corrected chi connectivity index (χ4v) is 3.74. The van der Waals surface area contributed by atoms with Crippen LogP contribution in [0.1, 0.15) is 28.7 Å². The van der Waals surface area contributed by atoms with Crippen molar-refractivity contribution < 1.29 is 5.11 Å².